The van der Waals surface area contributed by atoms with Crippen LogP contribution in [0.4, 0.5) is 0 Å². The lowest BCUT2D eigenvalue weighted by atomic mass is 9.63. The van der Waals surface area contributed by atoms with Crippen molar-refractivity contribution in [3.63, 3.8) is 0 Å². The van der Waals surface area contributed by atoms with E-state index in [1.807, 2.05) is 6.07 Å². The van der Waals surface area contributed by atoms with Crippen LogP contribution < -0.4 is 4.74 Å². The van der Waals surface area contributed by atoms with Crippen molar-refractivity contribution < 1.29 is 14.3 Å². The van der Waals surface area contributed by atoms with Gasteiger partial charge in [0.15, 0.2) is 0 Å². The third kappa shape index (κ3) is 4.52. The zero-order chi connectivity index (χ0) is 21.4. The second-order valence-corrected chi connectivity index (χ2v) is 10.2. The summed E-state index contributed by atoms with van der Waals surface area (Å²) in [7, 11) is 1.38. The van der Waals surface area contributed by atoms with Crippen molar-refractivity contribution in [2.75, 3.05) is 13.7 Å². The van der Waals surface area contributed by atoms with Crippen molar-refractivity contribution in [3.05, 3.63) is 68.8 Å². The Balaban J connectivity index is 1.82. The summed E-state index contributed by atoms with van der Waals surface area (Å²) in [6.07, 6.45) is 2.38. The molecule has 0 radical (unpaired) electrons. The van der Waals surface area contributed by atoms with Gasteiger partial charge in [0, 0.05) is 0 Å². The summed E-state index contributed by atoms with van der Waals surface area (Å²) in [6, 6.07) is 12.0. The highest BCUT2D eigenvalue weighted by molar-refractivity contribution is 14.1. The predicted molar refractivity (Wildman–Crippen MR) is 127 cm³/mol. The van der Waals surface area contributed by atoms with E-state index in [4.69, 9.17) is 9.47 Å². The number of carbonyl (C=O) groups is 1. The van der Waals surface area contributed by atoms with E-state index in [-0.39, 0.29) is 16.8 Å². The molecule has 0 fully saturated rings. The maximum Gasteiger partial charge on any atom is 0.337 e. The van der Waals surface area contributed by atoms with Crippen molar-refractivity contribution in [1.29, 1.82) is 0 Å². The number of methoxy groups -OCH3 is 1. The van der Waals surface area contributed by atoms with Gasteiger partial charge in [0.25, 0.3) is 0 Å². The molecule has 3 rings (SSSR count). The van der Waals surface area contributed by atoms with E-state index < -0.39 is 0 Å². The molecule has 2 aromatic rings. The summed E-state index contributed by atoms with van der Waals surface area (Å²) in [5.74, 6) is 0.290. The summed E-state index contributed by atoms with van der Waals surface area (Å²) in [5, 5.41) is 0. The SMILES string of the molecule is C=C(COc1cc(C(=O)OC)ccc1I)c1ccc2c(c1)C(C)(C)CCC2(C)C. The molecule has 0 atom stereocenters. The van der Waals surface area contributed by atoms with Gasteiger partial charge in [-0.25, -0.2) is 4.79 Å². The summed E-state index contributed by atoms with van der Waals surface area (Å²) < 4.78 is 11.8. The number of fused-ring (bicyclic) bond motifs is 1. The Labute approximate surface area is 187 Å². The molecule has 154 valence electrons. The van der Waals surface area contributed by atoms with E-state index in [1.54, 1.807) is 12.1 Å². The normalized spacial score (nSPS) is 16.6. The third-order valence-corrected chi connectivity index (χ3v) is 6.91. The van der Waals surface area contributed by atoms with Crippen molar-refractivity contribution in [2.24, 2.45) is 0 Å². The first-order valence-electron chi connectivity index (χ1n) is 9.89. The fourth-order valence-electron chi connectivity index (χ4n) is 3.92. The Morgan fingerprint density at radius 3 is 2.28 bits per heavy atom. The lowest BCUT2D eigenvalue weighted by molar-refractivity contribution is 0.0600. The minimum atomic E-state index is -0.371. The van der Waals surface area contributed by atoms with Crippen molar-refractivity contribution in [1.82, 2.24) is 0 Å². The number of ether oxygens (including phenoxy) is 2. The minimum absolute atomic E-state index is 0.159. The number of benzene rings is 2. The average molecular weight is 504 g/mol. The molecule has 4 heteroatoms. The first kappa shape index (κ1) is 21.9. The maximum absolute atomic E-state index is 11.8. The molecule has 0 spiro atoms. The van der Waals surface area contributed by atoms with Gasteiger partial charge in [0.05, 0.1) is 16.2 Å². The molecule has 0 aromatic heterocycles. The summed E-state index contributed by atoms with van der Waals surface area (Å²) in [4.78, 5) is 11.8. The van der Waals surface area contributed by atoms with Crippen LogP contribution in [-0.2, 0) is 15.6 Å². The van der Waals surface area contributed by atoms with Crippen LogP contribution in [-0.4, -0.2) is 19.7 Å². The van der Waals surface area contributed by atoms with E-state index in [9.17, 15) is 4.79 Å². The molecule has 0 amide bonds. The predicted octanol–water partition coefficient (Wildman–Crippen LogP) is 6.52. The zero-order valence-electron chi connectivity index (χ0n) is 17.9. The standard InChI is InChI=1S/C25H29IO3/c1-16(15-29-22-14-18(23(27)28-6)8-10-21(22)26)17-7-9-19-20(13-17)25(4,5)12-11-24(19,2)3/h7-10,13-14H,1,11-12,15H2,2-6H3. The van der Waals surface area contributed by atoms with Crippen LogP contribution in [0.25, 0.3) is 5.57 Å². The minimum Gasteiger partial charge on any atom is -0.488 e. The van der Waals surface area contributed by atoms with Gasteiger partial charge < -0.3 is 9.47 Å². The Hall–Kier alpha value is -1.82. The molecule has 0 saturated carbocycles. The first-order valence-corrected chi connectivity index (χ1v) is 11.0. The summed E-state index contributed by atoms with van der Waals surface area (Å²) >= 11 is 2.20. The van der Waals surface area contributed by atoms with Gasteiger partial charge >= 0.3 is 5.97 Å². The van der Waals surface area contributed by atoms with Gasteiger partial charge in [-0.1, -0.05) is 52.5 Å². The number of hydrogen-bond acceptors (Lipinski definition) is 3. The molecule has 0 aliphatic heterocycles. The van der Waals surface area contributed by atoms with Crippen LogP contribution in [0.3, 0.4) is 0 Å². The molecular formula is C25H29IO3. The lowest BCUT2D eigenvalue weighted by Crippen LogP contribution is -2.33. The van der Waals surface area contributed by atoms with Gasteiger partial charge in [0.1, 0.15) is 12.4 Å². The van der Waals surface area contributed by atoms with Crippen LogP contribution in [0, 0.1) is 3.57 Å². The number of esters is 1. The average Bonchev–Trinajstić information content (AvgIpc) is 2.69. The molecule has 3 nitrogen and oxygen atoms in total. The molecule has 0 heterocycles. The van der Waals surface area contributed by atoms with E-state index in [0.717, 1.165) is 14.7 Å². The first-order chi connectivity index (χ1) is 13.5. The fourth-order valence-corrected chi connectivity index (χ4v) is 4.41. The molecule has 1 aliphatic carbocycles. The van der Waals surface area contributed by atoms with Gasteiger partial charge in [-0.15, -0.1) is 0 Å². The number of hydrogen-bond donors (Lipinski definition) is 0. The van der Waals surface area contributed by atoms with Crippen LogP contribution >= 0.6 is 22.6 Å². The van der Waals surface area contributed by atoms with Gasteiger partial charge in [-0.05, 0) is 86.7 Å². The van der Waals surface area contributed by atoms with E-state index in [1.165, 1.54) is 31.1 Å². The Morgan fingerprint density at radius 2 is 1.62 bits per heavy atom. The van der Waals surface area contributed by atoms with Crippen LogP contribution in [0.2, 0.25) is 0 Å². The second-order valence-electron chi connectivity index (χ2n) is 9.06. The third-order valence-electron chi connectivity index (χ3n) is 6.02. The summed E-state index contributed by atoms with van der Waals surface area (Å²) in [6.45, 7) is 13.9. The quantitative estimate of drug-likeness (QED) is 0.344. The van der Waals surface area contributed by atoms with Gasteiger partial charge in [-0.2, -0.15) is 0 Å². The Kier molecular flexibility index (Phi) is 6.13. The maximum atomic E-state index is 11.8. The van der Waals surface area contributed by atoms with E-state index >= 15 is 0 Å². The molecule has 29 heavy (non-hydrogen) atoms. The smallest absolute Gasteiger partial charge is 0.337 e. The number of halogens is 1. The Morgan fingerprint density at radius 1 is 1.00 bits per heavy atom. The van der Waals surface area contributed by atoms with E-state index in [0.29, 0.717) is 17.9 Å². The van der Waals surface area contributed by atoms with Gasteiger partial charge in [-0.3, -0.25) is 0 Å². The largest absolute Gasteiger partial charge is 0.488 e. The molecule has 0 bridgehead atoms. The topological polar surface area (TPSA) is 35.5 Å². The molecular weight excluding hydrogens is 475 g/mol. The van der Waals surface area contributed by atoms with Crippen LogP contribution in [0.5, 0.6) is 5.75 Å². The van der Waals surface area contributed by atoms with E-state index in [2.05, 4.69) is 75.1 Å². The lowest BCUT2D eigenvalue weighted by Gasteiger charge is -2.42. The van der Waals surface area contributed by atoms with Crippen molar-refractivity contribution >= 4 is 34.1 Å². The fraction of sp³-hybridized carbons (Fsp3) is 0.400. The van der Waals surface area contributed by atoms with Crippen LogP contribution in [0.15, 0.2) is 43.0 Å². The van der Waals surface area contributed by atoms with Gasteiger partial charge in [0.2, 0.25) is 0 Å². The van der Waals surface area contributed by atoms with Crippen molar-refractivity contribution in [3.8, 4) is 5.75 Å². The Bertz CT molecular complexity index is 957. The summed E-state index contributed by atoms with van der Waals surface area (Å²) in [5.41, 5.74) is 5.71. The monoisotopic (exact) mass is 504 g/mol. The number of carbonyl (C=O) groups excluding carboxylic acids is 1. The second kappa shape index (κ2) is 8.13. The molecule has 0 saturated heterocycles. The highest BCUT2D eigenvalue weighted by atomic mass is 127. The molecule has 0 N–H and O–H groups in total. The molecule has 1 aliphatic rings. The molecule has 0 unspecified atom stereocenters. The zero-order valence-corrected chi connectivity index (χ0v) is 20.1. The number of rotatable bonds is 5. The van der Waals surface area contributed by atoms with Crippen molar-refractivity contribution in [2.45, 2.75) is 51.4 Å². The highest BCUT2D eigenvalue weighted by Gasteiger charge is 2.37. The highest BCUT2D eigenvalue weighted by Crippen LogP contribution is 2.46. The van der Waals surface area contributed by atoms with Crippen LogP contribution in [0.1, 0.15) is 67.6 Å². The molecule has 2 aromatic carbocycles.